The van der Waals surface area contributed by atoms with Crippen LogP contribution in [0.5, 0.6) is 0 Å². The number of rotatable bonds is 5. The fraction of sp³-hybridized carbons (Fsp3) is 0.400. The molecule has 8 nitrogen and oxygen atoms in total. The van der Waals surface area contributed by atoms with Crippen molar-refractivity contribution in [1.29, 1.82) is 0 Å². The lowest BCUT2D eigenvalue weighted by atomic mass is 10.4. The number of thiazole rings is 1. The molecule has 102 valence electrons. The van der Waals surface area contributed by atoms with Crippen LogP contribution in [0.2, 0.25) is 0 Å². The molecule has 2 rings (SSSR count). The van der Waals surface area contributed by atoms with E-state index in [9.17, 15) is 14.9 Å². The van der Waals surface area contributed by atoms with Crippen molar-refractivity contribution in [2.45, 2.75) is 6.42 Å². The number of fused-ring (bicyclic) bond motifs is 1. The standard InChI is InChI=1S/C10H12N4O4S/c1-12(4-3-7(15)18-2)8-9(14(16)17)13-5-6-19-10(13)11-8/h5-6H,3-4H2,1-2H3. The lowest BCUT2D eigenvalue weighted by Crippen LogP contribution is -2.22. The number of nitro groups is 1. The number of carbonyl (C=O) groups excluding carboxylic acids is 1. The van der Waals surface area contributed by atoms with Gasteiger partial charge in [-0.1, -0.05) is 11.3 Å². The van der Waals surface area contributed by atoms with Crippen LogP contribution in [0.15, 0.2) is 11.6 Å². The number of ether oxygens (including phenoxy) is 1. The van der Waals surface area contributed by atoms with Crippen molar-refractivity contribution in [2.75, 3.05) is 25.6 Å². The highest BCUT2D eigenvalue weighted by Gasteiger charge is 2.26. The summed E-state index contributed by atoms with van der Waals surface area (Å²) < 4.78 is 5.96. The average Bonchev–Trinajstić information content (AvgIpc) is 2.94. The van der Waals surface area contributed by atoms with Gasteiger partial charge in [-0.15, -0.1) is 0 Å². The zero-order chi connectivity index (χ0) is 14.0. The molecular formula is C10H12N4O4S. The molecule has 0 aliphatic heterocycles. The van der Waals surface area contributed by atoms with Gasteiger partial charge < -0.3 is 19.8 Å². The lowest BCUT2D eigenvalue weighted by Gasteiger charge is -2.14. The first-order valence-electron chi connectivity index (χ1n) is 5.42. The molecule has 0 unspecified atom stereocenters. The third-order valence-electron chi connectivity index (χ3n) is 2.63. The minimum atomic E-state index is -0.476. The number of hydrogen-bond donors (Lipinski definition) is 0. The van der Waals surface area contributed by atoms with Gasteiger partial charge in [0.15, 0.2) is 0 Å². The zero-order valence-electron chi connectivity index (χ0n) is 10.4. The van der Waals surface area contributed by atoms with Gasteiger partial charge in [-0.3, -0.25) is 4.79 Å². The molecule has 0 atom stereocenters. The molecule has 9 heteroatoms. The van der Waals surface area contributed by atoms with Crippen molar-refractivity contribution >= 4 is 33.9 Å². The van der Waals surface area contributed by atoms with E-state index < -0.39 is 4.92 Å². The van der Waals surface area contributed by atoms with Crippen molar-refractivity contribution < 1.29 is 14.5 Å². The molecular weight excluding hydrogens is 272 g/mol. The number of carbonyl (C=O) groups is 1. The molecule has 0 fully saturated rings. The quantitative estimate of drug-likeness (QED) is 0.467. The predicted molar refractivity (Wildman–Crippen MR) is 69.6 cm³/mol. The fourth-order valence-electron chi connectivity index (χ4n) is 1.66. The molecule has 0 saturated carbocycles. The Labute approximate surface area is 112 Å². The second kappa shape index (κ2) is 5.22. The van der Waals surface area contributed by atoms with E-state index in [0.717, 1.165) is 0 Å². The van der Waals surface area contributed by atoms with Crippen molar-refractivity contribution in [3.8, 4) is 0 Å². The van der Waals surface area contributed by atoms with Crippen LogP contribution in [0.1, 0.15) is 6.42 Å². The van der Waals surface area contributed by atoms with Gasteiger partial charge in [0, 0.05) is 19.0 Å². The maximum absolute atomic E-state index is 11.1. The average molecular weight is 284 g/mol. The largest absolute Gasteiger partial charge is 0.469 e. The van der Waals surface area contributed by atoms with Gasteiger partial charge in [0.1, 0.15) is 6.20 Å². The Kier molecular flexibility index (Phi) is 3.65. The molecule has 0 radical (unpaired) electrons. The molecule has 2 heterocycles. The van der Waals surface area contributed by atoms with E-state index in [1.807, 2.05) is 0 Å². The molecule has 0 amide bonds. The summed E-state index contributed by atoms with van der Waals surface area (Å²) in [7, 11) is 2.96. The second-order valence-electron chi connectivity index (χ2n) is 3.82. The molecule has 0 bridgehead atoms. The van der Waals surface area contributed by atoms with E-state index in [1.165, 1.54) is 22.8 Å². The van der Waals surface area contributed by atoms with Crippen LogP contribution in [0.3, 0.4) is 0 Å². The molecule has 0 aromatic carbocycles. The minimum Gasteiger partial charge on any atom is -0.469 e. The molecule has 0 N–H and O–H groups in total. The summed E-state index contributed by atoms with van der Waals surface area (Å²) in [5.74, 6) is -0.208. The van der Waals surface area contributed by atoms with Crippen LogP contribution in [-0.2, 0) is 9.53 Å². The summed E-state index contributed by atoms with van der Waals surface area (Å²) in [5.41, 5.74) is 0. The summed E-state index contributed by atoms with van der Waals surface area (Å²) in [5, 5.41) is 12.9. The van der Waals surface area contributed by atoms with E-state index in [1.54, 1.807) is 23.5 Å². The van der Waals surface area contributed by atoms with Crippen LogP contribution in [0.25, 0.3) is 4.96 Å². The van der Waals surface area contributed by atoms with Crippen LogP contribution in [0.4, 0.5) is 11.6 Å². The highest BCUT2D eigenvalue weighted by atomic mass is 32.1. The van der Waals surface area contributed by atoms with Crippen molar-refractivity contribution in [3.05, 3.63) is 21.7 Å². The monoisotopic (exact) mass is 284 g/mol. The van der Waals surface area contributed by atoms with E-state index in [2.05, 4.69) is 9.72 Å². The Bertz CT molecular complexity index is 620. The number of nitrogens with zero attached hydrogens (tertiary/aromatic N) is 4. The third kappa shape index (κ3) is 2.50. The van der Waals surface area contributed by atoms with Crippen molar-refractivity contribution in [1.82, 2.24) is 9.38 Å². The van der Waals surface area contributed by atoms with Gasteiger partial charge in [-0.2, -0.15) is 9.38 Å². The summed E-state index contributed by atoms with van der Waals surface area (Å²) >= 11 is 1.32. The predicted octanol–water partition coefficient (Wildman–Crippen LogP) is 1.30. The number of aromatic nitrogens is 2. The van der Waals surface area contributed by atoms with E-state index >= 15 is 0 Å². The highest BCUT2D eigenvalue weighted by Crippen LogP contribution is 2.30. The van der Waals surface area contributed by atoms with Crippen molar-refractivity contribution in [2.24, 2.45) is 0 Å². The van der Waals surface area contributed by atoms with Crippen LogP contribution < -0.4 is 4.90 Å². The van der Waals surface area contributed by atoms with E-state index in [-0.39, 0.29) is 24.0 Å². The van der Waals surface area contributed by atoms with Gasteiger partial charge in [0.25, 0.3) is 4.96 Å². The van der Waals surface area contributed by atoms with Crippen molar-refractivity contribution in [3.63, 3.8) is 0 Å². The summed E-state index contributed by atoms with van der Waals surface area (Å²) in [6.45, 7) is 0.304. The fourth-order valence-corrected chi connectivity index (χ4v) is 2.36. The number of esters is 1. The zero-order valence-corrected chi connectivity index (χ0v) is 11.2. The van der Waals surface area contributed by atoms with Gasteiger partial charge in [-0.25, -0.2) is 0 Å². The molecule has 0 aliphatic rings. The number of anilines is 1. The molecule has 0 saturated heterocycles. The lowest BCUT2D eigenvalue weighted by molar-refractivity contribution is -0.389. The maximum atomic E-state index is 11.1. The van der Waals surface area contributed by atoms with Crippen LogP contribution >= 0.6 is 11.3 Å². The molecule has 0 spiro atoms. The second-order valence-corrected chi connectivity index (χ2v) is 4.69. The molecule has 0 aliphatic carbocycles. The number of methoxy groups -OCH3 is 1. The minimum absolute atomic E-state index is 0.0939. The van der Waals surface area contributed by atoms with E-state index in [0.29, 0.717) is 11.5 Å². The van der Waals surface area contributed by atoms with Gasteiger partial charge in [0.05, 0.1) is 13.5 Å². The first-order valence-corrected chi connectivity index (χ1v) is 6.30. The summed E-state index contributed by atoms with van der Waals surface area (Å²) in [6.07, 6.45) is 1.75. The number of hydrogen-bond acceptors (Lipinski definition) is 7. The van der Waals surface area contributed by atoms with Gasteiger partial charge in [-0.05, 0) is 4.92 Å². The highest BCUT2D eigenvalue weighted by molar-refractivity contribution is 7.15. The summed E-state index contributed by atoms with van der Waals surface area (Å²) in [4.78, 5) is 28.1. The van der Waals surface area contributed by atoms with Crippen LogP contribution in [0, 0.1) is 10.1 Å². The van der Waals surface area contributed by atoms with E-state index in [4.69, 9.17) is 0 Å². The van der Waals surface area contributed by atoms with Crippen LogP contribution in [-0.4, -0.2) is 41.0 Å². The molecule has 2 aromatic rings. The first-order chi connectivity index (χ1) is 9.04. The topological polar surface area (TPSA) is 90.0 Å². The normalized spacial score (nSPS) is 10.6. The first kappa shape index (κ1) is 13.3. The SMILES string of the molecule is COC(=O)CCN(C)c1nc2sccn2c1[N+](=O)[O-]. The smallest absolute Gasteiger partial charge is 0.373 e. The summed E-state index contributed by atoms with van der Waals surface area (Å²) in [6, 6.07) is 0. The Hall–Kier alpha value is -2.16. The van der Waals surface area contributed by atoms with Gasteiger partial charge in [0.2, 0.25) is 5.82 Å². The molecule has 2 aromatic heterocycles. The molecule has 19 heavy (non-hydrogen) atoms. The maximum Gasteiger partial charge on any atom is 0.373 e. The Morgan fingerprint density at radius 1 is 1.68 bits per heavy atom. The third-order valence-corrected chi connectivity index (χ3v) is 3.39. The number of imidazole rings is 1. The Morgan fingerprint density at radius 3 is 3.05 bits per heavy atom. The Balaban J connectivity index is 2.28. The Morgan fingerprint density at radius 2 is 2.42 bits per heavy atom. The van der Waals surface area contributed by atoms with Gasteiger partial charge >= 0.3 is 11.8 Å².